The van der Waals surface area contributed by atoms with Gasteiger partial charge < -0.3 is 0 Å². The summed E-state index contributed by atoms with van der Waals surface area (Å²) in [4.78, 5) is 4.31. The van der Waals surface area contributed by atoms with Crippen LogP contribution in [0.4, 0.5) is 0 Å². The van der Waals surface area contributed by atoms with Crippen molar-refractivity contribution in [2.24, 2.45) is 4.99 Å². The zero-order valence-electron chi connectivity index (χ0n) is 7.72. The molecule has 11 heavy (non-hydrogen) atoms. The highest BCUT2D eigenvalue weighted by Crippen LogP contribution is 2.09. The lowest BCUT2D eigenvalue weighted by atomic mass is 10.2. The quantitative estimate of drug-likeness (QED) is 0.431. The first-order valence-electron chi connectivity index (χ1n) is 4.10. The predicted molar refractivity (Wildman–Crippen MR) is 52.0 cm³/mol. The molecule has 0 saturated carbocycles. The maximum absolute atomic E-state index is 4.31. The van der Waals surface area contributed by atoms with E-state index in [1.165, 1.54) is 5.57 Å². The van der Waals surface area contributed by atoms with Crippen LogP contribution in [0, 0.1) is 0 Å². The zero-order valence-corrected chi connectivity index (χ0v) is 7.72. The molecule has 0 heterocycles. The summed E-state index contributed by atoms with van der Waals surface area (Å²) in [5, 5.41) is 0. The molecule has 1 heteroatoms. The Morgan fingerprint density at radius 3 is 2.45 bits per heavy atom. The lowest BCUT2D eigenvalue weighted by Crippen LogP contribution is -1.81. The van der Waals surface area contributed by atoms with Crippen molar-refractivity contribution in [1.29, 1.82) is 0 Å². The topological polar surface area (TPSA) is 12.4 Å². The van der Waals surface area contributed by atoms with Crippen molar-refractivity contribution in [2.45, 2.75) is 33.6 Å². The summed E-state index contributed by atoms with van der Waals surface area (Å²) >= 11 is 0. The van der Waals surface area contributed by atoms with Gasteiger partial charge in [0.2, 0.25) is 0 Å². The molecule has 0 rings (SSSR count). The summed E-state index contributed by atoms with van der Waals surface area (Å²) in [6.45, 7) is 9.94. The molecule has 0 aromatic carbocycles. The second-order valence-corrected chi connectivity index (χ2v) is 2.41. The Bertz CT molecular complexity index is 175. The van der Waals surface area contributed by atoms with E-state index in [1.54, 1.807) is 0 Å². The van der Waals surface area contributed by atoms with Crippen molar-refractivity contribution in [3.05, 3.63) is 23.9 Å². The second kappa shape index (κ2) is 5.90. The van der Waals surface area contributed by atoms with E-state index in [-0.39, 0.29) is 0 Å². The van der Waals surface area contributed by atoms with E-state index in [0.717, 1.165) is 18.5 Å². The van der Waals surface area contributed by atoms with E-state index in [1.807, 2.05) is 19.2 Å². The van der Waals surface area contributed by atoms with Crippen molar-refractivity contribution in [2.75, 3.05) is 0 Å². The SMILES string of the molecule is C=C/C(C)=C(CC)/N=C\CC. The predicted octanol–water partition coefficient (Wildman–Crippen LogP) is 3.34. The average Bonchev–Trinajstić information content (AvgIpc) is 2.05. The van der Waals surface area contributed by atoms with Crippen molar-refractivity contribution in [3.63, 3.8) is 0 Å². The minimum absolute atomic E-state index is 0.981. The fourth-order valence-electron chi connectivity index (χ4n) is 0.791. The monoisotopic (exact) mass is 151 g/mol. The molecule has 0 atom stereocenters. The van der Waals surface area contributed by atoms with Crippen LogP contribution in [-0.4, -0.2) is 6.21 Å². The molecule has 0 aliphatic heterocycles. The first kappa shape index (κ1) is 10.2. The van der Waals surface area contributed by atoms with Gasteiger partial charge in [0.25, 0.3) is 0 Å². The van der Waals surface area contributed by atoms with Crippen molar-refractivity contribution >= 4 is 6.21 Å². The molecule has 0 amide bonds. The minimum Gasteiger partial charge on any atom is -0.265 e. The number of aliphatic imine (C=N–C) groups is 1. The summed E-state index contributed by atoms with van der Waals surface area (Å²) in [6, 6.07) is 0. The Morgan fingerprint density at radius 2 is 2.09 bits per heavy atom. The number of hydrogen-bond acceptors (Lipinski definition) is 1. The van der Waals surface area contributed by atoms with E-state index in [4.69, 9.17) is 0 Å². The summed E-state index contributed by atoms with van der Waals surface area (Å²) in [5.41, 5.74) is 2.32. The maximum atomic E-state index is 4.31. The van der Waals surface area contributed by atoms with Gasteiger partial charge in [0, 0.05) is 11.9 Å². The van der Waals surface area contributed by atoms with Gasteiger partial charge >= 0.3 is 0 Å². The molecule has 0 unspecified atom stereocenters. The third kappa shape index (κ3) is 3.76. The molecule has 1 nitrogen and oxygen atoms in total. The van der Waals surface area contributed by atoms with Gasteiger partial charge in [-0.25, -0.2) is 0 Å². The molecule has 0 saturated heterocycles. The first-order chi connectivity index (χ1) is 5.26. The van der Waals surface area contributed by atoms with Crippen LogP contribution < -0.4 is 0 Å². The Hall–Kier alpha value is -0.850. The summed E-state index contributed by atoms with van der Waals surface area (Å²) in [5.74, 6) is 0. The Labute approximate surface area is 69.5 Å². The second-order valence-electron chi connectivity index (χ2n) is 2.41. The molecule has 0 aromatic heterocycles. The Morgan fingerprint density at radius 1 is 1.45 bits per heavy atom. The van der Waals surface area contributed by atoms with Gasteiger partial charge in [-0.05, 0) is 25.3 Å². The van der Waals surface area contributed by atoms with E-state index in [2.05, 4.69) is 25.4 Å². The highest BCUT2D eigenvalue weighted by atomic mass is 14.7. The molecular formula is C10H17N. The Kier molecular flexibility index (Phi) is 5.44. The van der Waals surface area contributed by atoms with E-state index >= 15 is 0 Å². The minimum atomic E-state index is 0.981. The highest BCUT2D eigenvalue weighted by molar-refractivity contribution is 5.58. The van der Waals surface area contributed by atoms with Crippen LogP contribution in [0.25, 0.3) is 0 Å². The number of rotatable bonds is 4. The van der Waals surface area contributed by atoms with Crippen LogP contribution in [-0.2, 0) is 0 Å². The Balaban J connectivity index is 4.38. The van der Waals surface area contributed by atoms with Gasteiger partial charge in [0.15, 0.2) is 0 Å². The molecule has 62 valence electrons. The van der Waals surface area contributed by atoms with Crippen LogP contribution in [0.2, 0.25) is 0 Å². The van der Waals surface area contributed by atoms with E-state index in [0.29, 0.717) is 0 Å². The molecule has 0 aromatic rings. The number of allylic oxidation sites excluding steroid dienone is 3. The van der Waals surface area contributed by atoms with Crippen LogP contribution in [0.3, 0.4) is 0 Å². The van der Waals surface area contributed by atoms with Crippen LogP contribution in [0.1, 0.15) is 33.6 Å². The zero-order chi connectivity index (χ0) is 8.69. The van der Waals surface area contributed by atoms with Crippen molar-refractivity contribution in [3.8, 4) is 0 Å². The van der Waals surface area contributed by atoms with Gasteiger partial charge in [-0.15, -0.1) is 0 Å². The molecule has 0 spiro atoms. The third-order valence-electron chi connectivity index (χ3n) is 1.53. The fourth-order valence-corrected chi connectivity index (χ4v) is 0.791. The molecule has 0 aliphatic rings. The standard InChI is InChI=1S/C10H17N/c1-5-8-11-10(7-3)9(4)6-2/h6,8H,2,5,7H2,1,3-4H3/b10-9+,11-8-. The lowest BCUT2D eigenvalue weighted by molar-refractivity contribution is 1.04. The van der Waals surface area contributed by atoms with Crippen LogP contribution in [0.15, 0.2) is 28.9 Å². The molecule has 0 aliphatic carbocycles. The van der Waals surface area contributed by atoms with Gasteiger partial charge in [-0.3, -0.25) is 4.99 Å². The highest BCUT2D eigenvalue weighted by Gasteiger charge is 1.91. The van der Waals surface area contributed by atoms with Crippen molar-refractivity contribution < 1.29 is 0 Å². The maximum Gasteiger partial charge on any atom is 0.0425 e. The van der Waals surface area contributed by atoms with E-state index in [9.17, 15) is 0 Å². The average molecular weight is 151 g/mol. The van der Waals surface area contributed by atoms with Gasteiger partial charge in [0.05, 0.1) is 0 Å². The molecule has 0 radical (unpaired) electrons. The fraction of sp³-hybridized carbons (Fsp3) is 0.500. The number of hydrogen-bond donors (Lipinski definition) is 0. The molecule has 0 bridgehead atoms. The summed E-state index contributed by atoms with van der Waals surface area (Å²) in [6.07, 6.45) is 5.76. The van der Waals surface area contributed by atoms with E-state index < -0.39 is 0 Å². The molecule has 0 N–H and O–H groups in total. The normalized spacial score (nSPS) is 13.4. The smallest absolute Gasteiger partial charge is 0.0425 e. The van der Waals surface area contributed by atoms with Gasteiger partial charge in [0.1, 0.15) is 0 Å². The van der Waals surface area contributed by atoms with Gasteiger partial charge in [-0.2, -0.15) is 0 Å². The first-order valence-corrected chi connectivity index (χ1v) is 4.10. The van der Waals surface area contributed by atoms with Gasteiger partial charge in [-0.1, -0.05) is 26.5 Å². The summed E-state index contributed by atoms with van der Waals surface area (Å²) < 4.78 is 0. The summed E-state index contributed by atoms with van der Waals surface area (Å²) in [7, 11) is 0. The third-order valence-corrected chi connectivity index (χ3v) is 1.53. The molecule has 0 fully saturated rings. The van der Waals surface area contributed by atoms with Crippen LogP contribution >= 0.6 is 0 Å². The largest absolute Gasteiger partial charge is 0.265 e. The molecular weight excluding hydrogens is 134 g/mol. The van der Waals surface area contributed by atoms with Crippen LogP contribution in [0.5, 0.6) is 0 Å². The number of nitrogens with zero attached hydrogens (tertiary/aromatic N) is 1. The van der Waals surface area contributed by atoms with Crippen molar-refractivity contribution in [1.82, 2.24) is 0 Å². The lowest BCUT2D eigenvalue weighted by Gasteiger charge is -1.99.